The average Bonchev–Trinajstić information content (AvgIpc) is 3.01. The molecule has 0 aliphatic heterocycles. The van der Waals surface area contributed by atoms with E-state index in [2.05, 4.69) is 37.6 Å². The molecule has 1 amide bonds. The van der Waals surface area contributed by atoms with Crippen molar-refractivity contribution in [3.63, 3.8) is 0 Å². The predicted octanol–water partition coefficient (Wildman–Crippen LogP) is 4.44. The van der Waals surface area contributed by atoms with Gasteiger partial charge in [-0.1, -0.05) is 75.7 Å². The fourth-order valence-corrected chi connectivity index (χ4v) is 4.18. The van der Waals surface area contributed by atoms with E-state index in [0.717, 1.165) is 34.6 Å². The summed E-state index contributed by atoms with van der Waals surface area (Å²) < 4.78 is 15.1. The van der Waals surface area contributed by atoms with Crippen LogP contribution in [0.1, 0.15) is 65.0 Å². The third-order valence-electron chi connectivity index (χ3n) is 7.08. The number of nitrogens with two attached hydrogens (primary N) is 2. The summed E-state index contributed by atoms with van der Waals surface area (Å²) in [6.45, 7) is 10.0. The summed E-state index contributed by atoms with van der Waals surface area (Å²) in [5.74, 6) is 6.60. The van der Waals surface area contributed by atoms with Crippen LogP contribution in [-0.2, 0) is 30.4 Å². The lowest BCUT2D eigenvalue weighted by Crippen LogP contribution is -2.40. The molecule has 2 aromatic rings. The van der Waals surface area contributed by atoms with Crippen LogP contribution >= 0.6 is 0 Å². The van der Waals surface area contributed by atoms with E-state index < -0.39 is 17.5 Å². The molecule has 0 spiro atoms. The van der Waals surface area contributed by atoms with Crippen LogP contribution in [0.15, 0.2) is 53.6 Å². The second-order valence-corrected chi connectivity index (χ2v) is 10.7. The second-order valence-electron chi connectivity index (χ2n) is 10.7. The molecule has 0 heterocycles. The second kappa shape index (κ2) is 19.1. The first-order valence-electron chi connectivity index (χ1n) is 15.0. The van der Waals surface area contributed by atoms with Gasteiger partial charge in [0, 0.05) is 24.6 Å². The van der Waals surface area contributed by atoms with Crippen LogP contribution in [-0.4, -0.2) is 71.7 Å². The van der Waals surface area contributed by atoms with Crippen molar-refractivity contribution < 1.29 is 33.7 Å². The summed E-state index contributed by atoms with van der Waals surface area (Å²) in [5, 5.41) is 14.3. The van der Waals surface area contributed by atoms with Crippen LogP contribution in [0, 0.1) is 16.0 Å². The van der Waals surface area contributed by atoms with Gasteiger partial charge in [0.1, 0.15) is 13.2 Å². The van der Waals surface area contributed by atoms with Crippen molar-refractivity contribution in [2.24, 2.45) is 22.6 Å². The molecule has 2 atom stereocenters. The van der Waals surface area contributed by atoms with Gasteiger partial charge in [0.15, 0.2) is 5.84 Å². The number of rotatable bonds is 19. The van der Waals surface area contributed by atoms with Crippen LogP contribution in [0.5, 0.6) is 0 Å². The van der Waals surface area contributed by atoms with Crippen LogP contribution in [0.2, 0.25) is 0 Å². The molecule has 0 aromatic heterocycles. The minimum Gasteiger partial charge on any atom is -0.432 e. The van der Waals surface area contributed by atoms with Crippen molar-refractivity contribution in [2.75, 3.05) is 26.4 Å². The first-order chi connectivity index (χ1) is 21.4. The summed E-state index contributed by atoms with van der Waals surface area (Å²) in [4.78, 5) is 41.1. The number of carbonyl (C=O) groups is 2. The Balaban J connectivity index is 2.04. The Morgan fingerprint density at radius 2 is 1.67 bits per heavy atom. The van der Waals surface area contributed by atoms with Gasteiger partial charge in [-0.05, 0) is 42.9 Å². The van der Waals surface area contributed by atoms with Crippen LogP contribution in [0.25, 0.3) is 11.1 Å². The largest absolute Gasteiger partial charge is 0.510 e. The highest BCUT2D eigenvalue weighted by Gasteiger charge is 2.22. The first kappa shape index (κ1) is 36.8. The smallest absolute Gasteiger partial charge is 0.432 e. The Hall–Kier alpha value is -4.43. The van der Waals surface area contributed by atoms with E-state index in [-0.39, 0.29) is 44.2 Å². The minimum absolute atomic E-state index is 0.00777. The Bertz CT molecular complexity index is 1260. The maximum Gasteiger partial charge on any atom is 0.510 e. The molecule has 0 radical (unpaired) electrons. The third-order valence-corrected chi connectivity index (χ3v) is 7.08. The topological polar surface area (TPSA) is 185 Å². The molecule has 45 heavy (non-hydrogen) atoms. The van der Waals surface area contributed by atoms with E-state index >= 15 is 0 Å². The van der Waals surface area contributed by atoms with Gasteiger partial charge in [-0.25, -0.2) is 10.6 Å². The lowest BCUT2D eigenvalue weighted by Gasteiger charge is -2.32. The van der Waals surface area contributed by atoms with Crippen molar-refractivity contribution in [2.45, 2.75) is 72.7 Å². The van der Waals surface area contributed by atoms with Crippen molar-refractivity contribution >= 4 is 17.9 Å². The monoisotopic (exact) mass is 630 g/mol. The van der Waals surface area contributed by atoms with E-state index in [4.69, 9.17) is 25.8 Å². The van der Waals surface area contributed by atoms with Gasteiger partial charge < -0.3 is 29.7 Å². The summed E-state index contributed by atoms with van der Waals surface area (Å²) in [6.07, 6.45) is 0.359. The lowest BCUT2D eigenvalue weighted by molar-refractivity contribution is -0.758. The van der Waals surface area contributed by atoms with Gasteiger partial charge >= 0.3 is 6.16 Å². The Kier molecular flexibility index (Phi) is 15.6. The summed E-state index contributed by atoms with van der Waals surface area (Å²) in [6, 6.07) is 15.5. The molecule has 2 rings (SSSR count). The van der Waals surface area contributed by atoms with E-state index in [9.17, 15) is 19.7 Å². The first-order valence-corrected chi connectivity index (χ1v) is 15.0. The van der Waals surface area contributed by atoms with Crippen molar-refractivity contribution in [1.29, 1.82) is 0 Å². The zero-order valence-electron chi connectivity index (χ0n) is 26.7. The number of hydrogen-bond donors (Lipinski definition) is 2. The minimum atomic E-state index is -1.02. The molecule has 0 aliphatic rings. The van der Waals surface area contributed by atoms with E-state index in [1.54, 1.807) is 0 Å². The molecule has 0 fully saturated rings. The molecule has 2 aromatic carbocycles. The number of hydrogen-bond acceptors (Lipinski definition) is 11. The fourth-order valence-electron chi connectivity index (χ4n) is 4.18. The molecule has 0 bridgehead atoms. The highest BCUT2D eigenvalue weighted by Crippen LogP contribution is 2.25. The predicted molar refractivity (Wildman–Crippen MR) is 169 cm³/mol. The highest BCUT2D eigenvalue weighted by atomic mass is 17.0. The van der Waals surface area contributed by atoms with Gasteiger partial charge in [-0.3, -0.25) is 4.79 Å². The number of carbonyl (C=O) groups excluding carboxylic acids is 2. The molecule has 0 saturated carbocycles. The molecule has 0 saturated heterocycles. The Labute approximate surface area is 264 Å². The SMILES string of the molecule is CCCCC(=O)N(Cc1ccc(-c2ccccc2/C(N)=N/N(N)C(C)OC(=O)OCCOCCO[N+](=O)[O-])cc1)C(C)C(C)C. The average molecular weight is 631 g/mol. The zero-order chi connectivity index (χ0) is 33.4. The third kappa shape index (κ3) is 12.6. The number of amides is 1. The zero-order valence-corrected chi connectivity index (χ0v) is 26.7. The molecule has 14 nitrogen and oxygen atoms in total. The molecule has 248 valence electrons. The van der Waals surface area contributed by atoms with Crippen molar-refractivity contribution in [3.8, 4) is 11.1 Å². The number of amidine groups is 1. The molecular weight excluding hydrogens is 584 g/mol. The maximum atomic E-state index is 13.0. The molecule has 0 aliphatic carbocycles. The number of benzene rings is 2. The van der Waals surface area contributed by atoms with Crippen LogP contribution in [0.3, 0.4) is 0 Å². The molecule has 14 heteroatoms. The van der Waals surface area contributed by atoms with Gasteiger partial charge in [0.25, 0.3) is 5.09 Å². The number of hydrazone groups is 1. The van der Waals surface area contributed by atoms with Gasteiger partial charge in [0.05, 0.1) is 13.2 Å². The van der Waals surface area contributed by atoms with Crippen LogP contribution < -0.4 is 11.6 Å². The molecule has 4 N–H and O–H groups in total. The van der Waals surface area contributed by atoms with Crippen molar-refractivity contribution in [3.05, 3.63) is 69.8 Å². The normalized spacial score (nSPS) is 12.7. The lowest BCUT2D eigenvalue weighted by atomic mass is 9.97. The van der Waals surface area contributed by atoms with Gasteiger partial charge in [0.2, 0.25) is 12.1 Å². The Morgan fingerprint density at radius 1 is 1.00 bits per heavy atom. The number of nitrogens with zero attached hydrogens (tertiary/aromatic N) is 4. The fraction of sp³-hybridized carbons (Fsp3) is 0.516. The summed E-state index contributed by atoms with van der Waals surface area (Å²) in [7, 11) is 0. The van der Waals surface area contributed by atoms with Gasteiger partial charge in [-0.15, -0.1) is 15.2 Å². The highest BCUT2D eigenvalue weighted by molar-refractivity contribution is 6.03. The van der Waals surface area contributed by atoms with E-state index in [0.29, 0.717) is 24.4 Å². The van der Waals surface area contributed by atoms with Crippen molar-refractivity contribution in [1.82, 2.24) is 10.0 Å². The quantitative estimate of drug-likeness (QED) is 0.0327. The number of unbranched alkanes of at least 4 members (excludes halogenated alkanes) is 1. The Morgan fingerprint density at radius 3 is 2.31 bits per heavy atom. The van der Waals surface area contributed by atoms with Crippen LogP contribution in [0.4, 0.5) is 4.79 Å². The summed E-state index contributed by atoms with van der Waals surface area (Å²) >= 11 is 0. The summed E-state index contributed by atoms with van der Waals surface area (Å²) in [5.41, 5.74) is 9.70. The number of hydrazine groups is 1. The van der Waals surface area contributed by atoms with E-state index in [1.807, 2.05) is 53.4 Å². The maximum absolute atomic E-state index is 13.0. The van der Waals surface area contributed by atoms with Gasteiger partial charge in [-0.2, -0.15) is 5.12 Å². The van der Waals surface area contributed by atoms with E-state index in [1.165, 1.54) is 6.92 Å². The number of ether oxygens (including phenoxy) is 3. The molecular formula is C31H46N6O8. The molecule has 2 unspecified atom stereocenters. The standard InChI is InChI=1S/C31H46N6O8/c1-6-7-12-29(38)35(23(4)22(2)3)21-25-13-15-26(16-14-25)27-10-8-9-11-28(27)30(32)34-36(33)24(5)45-31(39)43-19-17-42-18-20-44-37(40)41/h8-11,13-16,22-24H,6-7,12,17-21,33H2,1-5H3,(H2,32,34).